The van der Waals surface area contributed by atoms with Gasteiger partial charge in [-0.25, -0.2) is 4.79 Å². The van der Waals surface area contributed by atoms with Gasteiger partial charge in [-0.05, 0) is 12.8 Å². The maximum atomic E-state index is 11.5. The van der Waals surface area contributed by atoms with Crippen molar-refractivity contribution in [3.63, 3.8) is 0 Å². The Morgan fingerprint density at radius 2 is 2.11 bits per heavy atom. The van der Waals surface area contributed by atoms with Gasteiger partial charge in [-0.15, -0.1) is 0 Å². The summed E-state index contributed by atoms with van der Waals surface area (Å²) in [5.74, 6) is -0.458. The molecule has 0 aromatic rings. The molecule has 0 heterocycles. The van der Waals surface area contributed by atoms with Crippen LogP contribution in [0.3, 0.4) is 0 Å². The predicted molar refractivity (Wildman–Crippen MR) is 65.7 cm³/mol. The average molecular weight is 256 g/mol. The number of urea groups is 1. The van der Waals surface area contributed by atoms with Crippen LogP contribution in [0.15, 0.2) is 12.3 Å². The first-order chi connectivity index (χ1) is 8.67. The highest BCUT2D eigenvalue weighted by Crippen LogP contribution is 2.23. The molecular formula is C12H20N2O4. The molecule has 1 rings (SSSR count). The Hall–Kier alpha value is -1.56. The second-order valence-electron chi connectivity index (χ2n) is 4.33. The zero-order chi connectivity index (χ0) is 13.4. The van der Waals surface area contributed by atoms with Gasteiger partial charge in [0.05, 0.1) is 13.4 Å². The molecule has 18 heavy (non-hydrogen) atoms. The predicted octanol–water partition coefficient (Wildman–Crippen LogP) is 0.523. The molecule has 0 saturated heterocycles. The number of aliphatic hydroxyl groups excluding tert-OH is 1. The van der Waals surface area contributed by atoms with Crippen LogP contribution < -0.4 is 10.6 Å². The van der Waals surface area contributed by atoms with Crippen LogP contribution in [0.1, 0.15) is 25.7 Å². The smallest absolute Gasteiger partial charge is 0.321 e. The second kappa shape index (κ2) is 7.71. The molecule has 6 nitrogen and oxygen atoms in total. The number of carbonyl (C=O) groups is 2. The van der Waals surface area contributed by atoms with Crippen molar-refractivity contribution in [1.29, 1.82) is 0 Å². The van der Waals surface area contributed by atoms with E-state index in [9.17, 15) is 14.7 Å². The van der Waals surface area contributed by atoms with Crippen molar-refractivity contribution in [2.45, 2.75) is 31.7 Å². The van der Waals surface area contributed by atoms with Gasteiger partial charge in [-0.2, -0.15) is 0 Å². The quantitative estimate of drug-likeness (QED) is 0.505. The Balaban J connectivity index is 2.38. The minimum atomic E-state index is -0.536. The van der Waals surface area contributed by atoms with Gasteiger partial charge in [0.2, 0.25) is 0 Å². The summed E-state index contributed by atoms with van der Waals surface area (Å²) < 4.78 is 4.57. The number of amides is 3. The summed E-state index contributed by atoms with van der Waals surface area (Å²) in [4.78, 5) is 22.8. The van der Waals surface area contributed by atoms with Crippen molar-refractivity contribution in [2.75, 3.05) is 13.7 Å². The third kappa shape index (κ3) is 4.75. The van der Waals surface area contributed by atoms with Gasteiger partial charge in [-0.1, -0.05) is 12.8 Å². The standard InChI is InChI=1S/C12H20N2O4/c1-18-7-6-11(16)14-12(17)13-10-5-3-2-4-9(10)8-15/h6-7,9-10,15H,2-5,8H2,1H3,(H2,13,14,16,17)/b7-6+/t9-,10-/m1/s1. The summed E-state index contributed by atoms with van der Waals surface area (Å²) in [6.45, 7) is 0.0580. The number of hydrogen-bond acceptors (Lipinski definition) is 4. The molecule has 3 N–H and O–H groups in total. The van der Waals surface area contributed by atoms with E-state index in [2.05, 4.69) is 15.4 Å². The SMILES string of the molecule is CO/C=C/C(=O)NC(=O)N[C@@H]1CCCC[C@@H]1CO. The molecule has 1 fully saturated rings. The normalized spacial score (nSPS) is 23.7. The Bertz CT molecular complexity index is 317. The van der Waals surface area contributed by atoms with E-state index in [4.69, 9.17) is 0 Å². The minimum Gasteiger partial charge on any atom is -0.504 e. The molecule has 6 heteroatoms. The fourth-order valence-electron chi connectivity index (χ4n) is 2.10. The van der Waals surface area contributed by atoms with E-state index in [1.165, 1.54) is 13.4 Å². The van der Waals surface area contributed by atoms with Gasteiger partial charge >= 0.3 is 6.03 Å². The lowest BCUT2D eigenvalue weighted by atomic mass is 9.85. The molecule has 0 aliphatic heterocycles. The number of methoxy groups -OCH3 is 1. The van der Waals surface area contributed by atoms with Gasteiger partial charge in [0.1, 0.15) is 0 Å². The molecule has 0 unspecified atom stereocenters. The first-order valence-corrected chi connectivity index (χ1v) is 6.09. The Morgan fingerprint density at radius 3 is 2.78 bits per heavy atom. The second-order valence-corrected chi connectivity index (χ2v) is 4.33. The van der Waals surface area contributed by atoms with Crippen LogP contribution in [0.4, 0.5) is 4.79 Å². The molecule has 1 aliphatic rings. The Labute approximate surface area is 106 Å². The van der Waals surface area contributed by atoms with Gasteiger partial charge in [0.25, 0.3) is 5.91 Å². The molecule has 0 aromatic heterocycles. The minimum absolute atomic E-state index is 0.0580. The topological polar surface area (TPSA) is 87.7 Å². The number of imide groups is 1. The largest absolute Gasteiger partial charge is 0.504 e. The lowest BCUT2D eigenvalue weighted by Gasteiger charge is -2.30. The highest BCUT2D eigenvalue weighted by molar-refractivity contribution is 6.00. The van der Waals surface area contributed by atoms with Crippen LogP contribution in [0.25, 0.3) is 0 Å². The number of nitrogens with one attached hydrogen (secondary N) is 2. The van der Waals surface area contributed by atoms with Crippen LogP contribution in [-0.2, 0) is 9.53 Å². The van der Waals surface area contributed by atoms with E-state index in [0.29, 0.717) is 0 Å². The zero-order valence-corrected chi connectivity index (χ0v) is 10.5. The van der Waals surface area contributed by atoms with Crippen LogP contribution in [0.5, 0.6) is 0 Å². The third-order valence-electron chi connectivity index (χ3n) is 3.05. The van der Waals surface area contributed by atoms with Gasteiger partial charge in [0.15, 0.2) is 0 Å². The van der Waals surface area contributed by atoms with E-state index in [1.807, 2.05) is 0 Å². The Kier molecular flexibility index (Phi) is 6.21. The summed E-state index contributed by atoms with van der Waals surface area (Å²) in [5, 5.41) is 14.1. The maximum Gasteiger partial charge on any atom is 0.321 e. The molecule has 3 amide bonds. The van der Waals surface area contributed by atoms with Gasteiger partial charge in [-0.3, -0.25) is 10.1 Å². The number of rotatable bonds is 4. The molecule has 0 bridgehead atoms. The van der Waals surface area contributed by atoms with E-state index in [1.54, 1.807) is 0 Å². The molecule has 0 aromatic carbocycles. The molecule has 0 radical (unpaired) electrons. The van der Waals surface area contributed by atoms with Crippen LogP contribution in [-0.4, -0.2) is 36.8 Å². The van der Waals surface area contributed by atoms with E-state index in [-0.39, 0.29) is 18.6 Å². The van der Waals surface area contributed by atoms with E-state index in [0.717, 1.165) is 31.8 Å². The summed E-state index contributed by atoms with van der Waals surface area (Å²) in [6, 6.07) is -0.603. The summed E-state index contributed by atoms with van der Waals surface area (Å²) in [5.41, 5.74) is 0. The van der Waals surface area contributed by atoms with E-state index < -0.39 is 11.9 Å². The molecule has 1 aliphatic carbocycles. The van der Waals surface area contributed by atoms with Crippen molar-refractivity contribution < 1.29 is 19.4 Å². The van der Waals surface area contributed by atoms with E-state index >= 15 is 0 Å². The molecule has 1 saturated carbocycles. The number of carbonyl (C=O) groups excluding carboxylic acids is 2. The van der Waals surface area contributed by atoms with Crippen molar-refractivity contribution in [1.82, 2.24) is 10.6 Å². The molecule has 102 valence electrons. The van der Waals surface area contributed by atoms with Crippen LogP contribution in [0.2, 0.25) is 0 Å². The Morgan fingerprint density at radius 1 is 1.39 bits per heavy atom. The highest BCUT2D eigenvalue weighted by Gasteiger charge is 2.25. The van der Waals surface area contributed by atoms with Crippen molar-refractivity contribution in [3.05, 3.63) is 12.3 Å². The fourth-order valence-corrected chi connectivity index (χ4v) is 2.10. The van der Waals surface area contributed by atoms with Crippen molar-refractivity contribution >= 4 is 11.9 Å². The monoisotopic (exact) mass is 256 g/mol. The first-order valence-electron chi connectivity index (χ1n) is 6.09. The fraction of sp³-hybridized carbons (Fsp3) is 0.667. The van der Waals surface area contributed by atoms with Crippen molar-refractivity contribution in [2.24, 2.45) is 5.92 Å². The molecular weight excluding hydrogens is 236 g/mol. The maximum absolute atomic E-state index is 11.5. The summed E-state index contributed by atoms with van der Waals surface area (Å²) in [7, 11) is 1.41. The molecule has 2 atom stereocenters. The lowest BCUT2D eigenvalue weighted by Crippen LogP contribution is -2.48. The van der Waals surface area contributed by atoms with Crippen LogP contribution in [0, 0.1) is 5.92 Å². The van der Waals surface area contributed by atoms with Gasteiger partial charge in [0, 0.05) is 24.6 Å². The first kappa shape index (κ1) is 14.5. The lowest BCUT2D eigenvalue weighted by molar-refractivity contribution is -0.115. The average Bonchev–Trinajstić information content (AvgIpc) is 2.36. The summed E-state index contributed by atoms with van der Waals surface area (Å²) >= 11 is 0. The highest BCUT2D eigenvalue weighted by atomic mass is 16.5. The summed E-state index contributed by atoms with van der Waals surface area (Å²) in [6.07, 6.45) is 6.16. The number of aliphatic hydroxyl groups is 1. The number of ether oxygens (including phenoxy) is 1. The van der Waals surface area contributed by atoms with Crippen LogP contribution >= 0.6 is 0 Å². The third-order valence-corrected chi connectivity index (χ3v) is 3.05. The van der Waals surface area contributed by atoms with Crippen molar-refractivity contribution in [3.8, 4) is 0 Å². The molecule has 0 spiro atoms. The zero-order valence-electron chi connectivity index (χ0n) is 10.5. The number of hydrogen-bond donors (Lipinski definition) is 3. The van der Waals surface area contributed by atoms with Gasteiger partial charge < -0.3 is 15.2 Å².